The van der Waals surface area contributed by atoms with E-state index in [1.165, 1.54) is 49.7 Å². The van der Waals surface area contributed by atoms with E-state index in [0.717, 1.165) is 18.8 Å². The number of ether oxygens (including phenoxy) is 1. The number of unbranched alkanes of at least 4 members (excludes halogenated alkanes) is 5. The van der Waals surface area contributed by atoms with Gasteiger partial charge in [0.2, 0.25) is 0 Å². The summed E-state index contributed by atoms with van der Waals surface area (Å²) in [5.41, 5.74) is 2.44. The van der Waals surface area contributed by atoms with Crippen molar-refractivity contribution in [1.82, 2.24) is 5.32 Å². The number of benzene rings is 2. The Morgan fingerprint density at radius 1 is 0.792 bits per heavy atom. The minimum atomic E-state index is 0.620. The second-order valence-corrected chi connectivity index (χ2v) is 6.33. The molecule has 2 nitrogen and oxygen atoms in total. The van der Waals surface area contributed by atoms with Crippen molar-refractivity contribution in [3.05, 3.63) is 65.7 Å². The Labute approximate surface area is 147 Å². The van der Waals surface area contributed by atoms with Gasteiger partial charge in [0, 0.05) is 12.1 Å². The van der Waals surface area contributed by atoms with Crippen LogP contribution >= 0.6 is 0 Å². The van der Waals surface area contributed by atoms with Crippen LogP contribution < -0.4 is 10.1 Å². The molecule has 0 aliphatic carbocycles. The van der Waals surface area contributed by atoms with Crippen molar-refractivity contribution in [2.24, 2.45) is 0 Å². The van der Waals surface area contributed by atoms with E-state index >= 15 is 0 Å². The smallest absolute Gasteiger partial charge is 0.124 e. The van der Waals surface area contributed by atoms with Gasteiger partial charge >= 0.3 is 0 Å². The molecule has 0 heterocycles. The van der Waals surface area contributed by atoms with Crippen molar-refractivity contribution >= 4 is 0 Å². The summed E-state index contributed by atoms with van der Waals surface area (Å²) in [6.07, 6.45) is 8.03. The van der Waals surface area contributed by atoms with Crippen LogP contribution in [0.25, 0.3) is 0 Å². The third-order valence-electron chi connectivity index (χ3n) is 4.23. The van der Waals surface area contributed by atoms with Gasteiger partial charge in [0.15, 0.2) is 0 Å². The Morgan fingerprint density at radius 2 is 1.50 bits per heavy atom. The molecule has 0 fully saturated rings. The van der Waals surface area contributed by atoms with Gasteiger partial charge in [0.1, 0.15) is 12.4 Å². The first-order valence-electron chi connectivity index (χ1n) is 9.35. The van der Waals surface area contributed by atoms with E-state index in [2.05, 4.69) is 42.6 Å². The first-order valence-corrected chi connectivity index (χ1v) is 9.35. The molecule has 130 valence electrons. The lowest BCUT2D eigenvalue weighted by molar-refractivity contribution is 0.302. The molecule has 0 saturated heterocycles. The third-order valence-corrected chi connectivity index (χ3v) is 4.23. The summed E-state index contributed by atoms with van der Waals surface area (Å²) in [7, 11) is 0. The number of hydrogen-bond acceptors (Lipinski definition) is 2. The molecule has 0 spiro atoms. The molecule has 2 aromatic rings. The highest BCUT2D eigenvalue weighted by Crippen LogP contribution is 2.19. The van der Waals surface area contributed by atoms with E-state index in [0.29, 0.717) is 6.61 Å². The van der Waals surface area contributed by atoms with Crippen LogP contribution in [-0.4, -0.2) is 6.54 Å². The number of para-hydroxylation sites is 1. The topological polar surface area (TPSA) is 21.3 Å². The molecule has 0 bridgehead atoms. The predicted molar refractivity (Wildman–Crippen MR) is 102 cm³/mol. The molecule has 2 heteroatoms. The van der Waals surface area contributed by atoms with Crippen LogP contribution in [0.2, 0.25) is 0 Å². The summed E-state index contributed by atoms with van der Waals surface area (Å²) >= 11 is 0. The van der Waals surface area contributed by atoms with E-state index in [1.54, 1.807) is 0 Å². The predicted octanol–water partition coefficient (Wildman–Crippen LogP) is 5.72. The maximum absolute atomic E-state index is 6.01. The molecule has 0 amide bonds. The summed E-state index contributed by atoms with van der Waals surface area (Å²) < 4.78 is 6.01. The fourth-order valence-corrected chi connectivity index (χ4v) is 2.78. The SMILES string of the molecule is CCCCCCCCNCc1ccccc1OCc1ccccc1. The molecule has 2 rings (SSSR count). The van der Waals surface area contributed by atoms with Gasteiger partial charge in [-0.1, -0.05) is 87.6 Å². The maximum Gasteiger partial charge on any atom is 0.124 e. The van der Waals surface area contributed by atoms with Crippen LogP contribution in [0.3, 0.4) is 0 Å². The van der Waals surface area contributed by atoms with Crippen molar-refractivity contribution < 1.29 is 4.74 Å². The fraction of sp³-hybridized carbons (Fsp3) is 0.455. The monoisotopic (exact) mass is 325 g/mol. The first kappa shape index (κ1) is 18.5. The van der Waals surface area contributed by atoms with Gasteiger partial charge in [-0.25, -0.2) is 0 Å². The van der Waals surface area contributed by atoms with Crippen LogP contribution in [0.4, 0.5) is 0 Å². The number of hydrogen-bond donors (Lipinski definition) is 1. The van der Waals surface area contributed by atoms with Crippen molar-refractivity contribution in [3.8, 4) is 5.75 Å². The molecular weight excluding hydrogens is 294 g/mol. The normalized spacial score (nSPS) is 10.7. The minimum Gasteiger partial charge on any atom is -0.489 e. The maximum atomic E-state index is 6.01. The van der Waals surface area contributed by atoms with Crippen molar-refractivity contribution in [3.63, 3.8) is 0 Å². The van der Waals surface area contributed by atoms with Crippen LogP contribution in [0.15, 0.2) is 54.6 Å². The van der Waals surface area contributed by atoms with E-state index in [4.69, 9.17) is 4.74 Å². The minimum absolute atomic E-state index is 0.620. The van der Waals surface area contributed by atoms with E-state index < -0.39 is 0 Å². The molecule has 2 aromatic carbocycles. The molecule has 1 N–H and O–H groups in total. The van der Waals surface area contributed by atoms with Crippen LogP contribution in [0, 0.1) is 0 Å². The standard InChI is InChI=1S/C22H31NO/c1-2-3-4-5-6-12-17-23-18-21-15-10-11-16-22(21)24-19-20-13-8-7-9-14-20/h7-11,13-16,23H,2-6,12,17-19H2,1H3. The molecule has 0 aromatic heterocycles. The largest absolute Gasteiger partial charge is 0.489 e. The van der Waals surface area contributed by atoms with Gasteiger partial charge in [-0.15, -0.1) is 0 Å². The zero-order valence-corrected chi connectivity index (χ0v) is 15.0. The molecule has 0 unspecified atom stereocenters. The second kappa shape index (κ2) is 11.7. The van der Waals surface area contributed by atoms with Crippen molar-refractivity contribution in [2.75, 3.05) is 6.54 Å². The molecule has 24 heavy (non-hydrogen) atoms. The quantitative estimate of drug-likeness (QED) is 0.504. The van der Waals surface area contributed by atoms with Gasteiger partial charge in [0.05, 0.1) is 0 Å². The Balaban J connectivity index is 1.69. The van der Waals surface area contributed by atoms with E-state index in [9.17, 15) is 0 Å². The van der Waals surface area contributed by atoms with Crippen LogP contribution in [-0.2, 0) is 13.2 Å². The highest BCUT2D eigenvalue weighted by molar-refractivity contribution is 5.33. The van der Waals surface area contributed by atoms with Crippen LogP contribution in [0.5, 0.6) is 5.75 Å². The lowest BCUT2D eigenvalue weighted by Gasteiger charge is -2.12. The zero-order chi connectivity index (χ0) is 16.9. The summed E-state index contributed by atoms with van der Waals surface area (Å²) in [5.74, 6) is 0.983. The summed E-state index contributed by atoms with van der Waals surface area (Å²) in [6, 6.07) is 18.6. The molecular formula is C22H31NO. The Hall–Kier alpha value is -1.80. The Morgan fingerprint density at radius 3 is 2.33 bits per heavy atom. The Bertz CT molecular complexity index is 553. The van der Waals surface area contributed by atoms with Crippen LogP contribution in [0.1, 0.15) is 56.6 Å². The molecule has 0 aliphatic rings. The Kier molecular flexibility index (Phi) is 9.03. The average Bonchev–Trinajstić information content (AvgIpc) is 2.64. The summed E-state index contributed by atoms with van der Waals surface area (Å²) in [5, 5.41) is 3.55. The molecule has 0 saturated carbocycles. The van der Waals surface area contributed by atoms with Gasteiger partial charge in [0.25, 0.3) is 0 Å². The average molecular weight is 325 g/mol. The summed E-state index contributed by atoms with van der Waals surface area (Å²) in [6.45, 7) is 4.84. The van der Waals surface area contributed by atoms with Gasteiger partial charge in [-0.05, 0) is 24.6 Å². The molecule has 0 radical (unpaired) electrons. The number of nitrogens with one attached hydrogen (secondary N) is 1. The van der Waals surface area contributed by atoms with Crippen molar-refractivity contribution in [1.29, 1.82) is 0 Å². The van der Waals surface area contributed by atoms with E-state index in [1.807, 2.05) is 24.3 Å². The lowest BCUT2D eigenvalue weighted by atomic mass is 10.1. The van der Waals surface area contributed by atoms with Crippen molar-refractivity contribution in [2.45, 2.75) is 58.6 Å². The van der Waals surface area contributed by atoms with Gasteiger partial charge in [-0.3, -0.25) is 0 Å². The second-order valence-electron chi connectivity index (χ2n) is 6.33. The highest BCUT2D eigenvalue weighted by Gasteiger charge is 2.03. The van der Waals surface area contributed by atoms with Gasteiger partial charge in [-0.2, -0.15) is 0 Å². The summed E-state index contributed by atoms with van der Waals surface area (Å²) in [4.78, 5) is 0. The molecule has 0 aliphatic heterocycles. The first-order chi connectivity index (χ1) is 11.9. The highest BCUT2D eigenvalue weighted by atomic mass is 16.5. The fourth-order valence-electron chi connectivity index (χ4n) is 2.78. The lowest BCUT2D eigenvalue weighted by Crippen LogP contribution is -2.15. The van der Waals surface area contributed by atoms with Gasteiger partial charge < -0.3 is 10.1 Å². The molecule has 0 atom stereocenters. The third kappa shape index (κ3) is 7.18. The van der Waals surface area contributed by atoms with E-state index in [-0.39, 0.29) is 0 Å². The number of rotatable bonds is 12. The zero-order valence-electron chi connectivity index (χ0n) is 15.0.